The summed E-state index contributed by atoms with van der Waals surface area (Å²) >= 11 is 0. The summed E-state index contributed by atoms with van der Waals surface area (Å²) < 4.78 is 0. The monoisotopic (exact) mass is 109 g/mol. The van der Waals surface area contributed by atoms with E-state index in [4.69, 9.17) is 0 Å². The second-order valence-electron chi connectivity index (χ2n) is 2.75. The van der Waals surface area contributed by atoms with Crippen LogP contribution in [0.4, 0.5) is 0 Å². The Morgan fingerprint density at radius 1 is 1.50 bits per heavy atom. The maximum Gasteiger partial charge on any atom is -0.0230 e. The van der Waals surface area contributed by atoms with Gasteiger partial charge in [0.15, 0.2) is 0 Å². The van der Waals surface area contributed by atoms with Crippen LogP contribution in [-0.2, 0) is 0 Å². The summed E-state index contributed by atoms with van der Waals surface area (Å²) in [7, 11) is 0. The lowest BCUT2D eigenvalue weighted by molar-refractivity contribution is 0.409. The second-order valence-corrected chi connectivity index (χ2v) is 2.75. The van der Waals surface area contributed by atoms with Crippen LogP contribution in [0, 0.1) is 17.9 Å². The van der Waals surface area contributed by atoms with Crippen LogP contribution < -0.4 is 0 Å². The number of hydrogen-bond acceptors (Lipinski definition) is 0. The van der Waals surface area contributed by atoms with E-state index in [9.17, 15) is 0 Å². The third-order valence-corrected chi connectivity index (χ3v) is 2.02. The molecule has 0 aliphatic heterocycles. The van der Waals surface area contributed by atoms with Crippen molar-refractivity contribution >= 4 is 0 Å². The fourth-order valence-corrected chi connectivity index (χ4v) is 1.01. The molecule has 0 heterocycles. The molecule has 1 radical (unpaired) electrons. The molecule has 1 rings (SSSR count). The highest BCUT2D eigenvalue weighted by molar-refractivity contribution is 4.88. The fourth-order valence-electron chi connectivity index (χ4n) is 1.01. The average molecular weight is 109 g/mol. The van der Waals surface area contributed by atoms with Crippen LogP contribution >= 0.6 is 0 Å². The van der Waals surface area contributed by atoms with E-state index in [1.165, 1.54) is 12.8 Å². The highest BCUT2D eigenvalue weighted by Crippen LogP contribution is 2.22. The molecule has 0 aromatic heterocycles. The van der Waals surface area contributed by atoms with Gasteiger partial charge in [0, 0.05) is 0 Å². The van der Waals surface area contributed by atoms with Gasteiger partial charge in [-0.15, -0.1) is 0 Å². The van der Waals surface area contributed by atoms with Gasteiger partial charge in [-0.3, -0.25) is 0 Å². The third kappa shape index (κ3) is 1.12. The van der Waals surface area contributed by atoms with Crippen LogP contribution in [0.25, 0.3) is 0 Å². The highest BCUT2D eigenvalue weighted by atomic mass is 14.2. The predicted molar refractivity (Wildman–Crippen MR) is 35.4 cm³/mol. The van der Waals surface area contributed by atoms with Crippen molar-refractivity contribution in [2.75, 3.05) is 0 Å². The first-order chi connectivity index (χ1) is 3.80. The lowest BCUT2D eigenvalue weighted by Gasteiger charge is -2.18. The summed E-state index contributed by atoms with van der Waals surface area (Å²) in [6, 6.07) is 0. The molecule has 1 aliphatic carbocycles. The van der Waals surface area contributed by atoms with Crippen LogP contribution in [0.15, 0.2) is 6.08 Å². The van der Waals surface area contributed by atoms with E-state index in [0.717, 1.165) is 11.8 Å². The maximum atomic E-state index is 3.24. The average Bonchev–Trinajstić information content (AvgIpc) is 1.77. The lowest BCUT2D eigenvalue weighted by atomic mass is 9.87. The maximum absolute atomic E-state index is 3.24. The van der Waals surface area contributed by atoms with Crippen molar-refractivity contribution in [2.45, 2.75) is 26.7 Å². The van der Waals surface area contributed by atoms with Crippen LogP contribution in [-0.4, -0.2) is 0 Å². The van der Waals surface area contributed by atoms with E-state index >= 15 is 0 Å². The minimum Gasteiger partial charge on any atom is -0.0779 e. The van der Waals surface area contributed by atoms with E-state index < -0.39 is 0 Å². The molecule has 1 aliphatic rings. The molecule has 8 heavy (non-hydrogen) atoms. The van der Waals surface area contributed by atoms with E-state index in [0.29, 0.717) is 0 Å². The normalized spacial score (nSPS) is 37.8. The molecule has 0 amide bonds. The summed E-state index contributed by atoms with van der Waals surface area (Å²) in [4.78, 5) is 0. The Hall–Kier alpha value is -0.260. The Balaban J connectivity index is 2.47. The van der Waals surface area contributed by atoms with Crippen molar-refractivity contribution in [3.05, 3.63) is 12.2 Å². The second kappa shape index (κ2) is 2.34. The van der Waals surface area contributed by atoms with Gasteiger partial charge >= 0.3 is 0 Å². The van der Waals surface area contributed by atoms with Crippen LogP contribution in [0.1, 0.15) is 26.7 Å². The van der Waals surface area contributed by atoms with Gasteiger partial charge in [-0.2, -0.15) is 0 Å². The van der Waals surface area contributed by atoms with E-state index in [-0.39, 0.29) is 0 Å². The van der Waals surface area contributed by atoms with Crippen LogP contribution in [0.5, 0.6) is 0 Å². The van der Waals surface area contributed by atoms with Crippen LogP contribution in [0.3, 0.4) is 0 Å². The topological polar surface area (TPSA) is 0 Å². The van der Waals surface area contributed by atoms with E-state index in [2.05, 4.69) is 26.0 Å². The first-order valence-corrected chi connectivity index (χ1v) is 3.37. The fraction of sp³-hybridized carbons (Fsp3) is 0.750. The molecule has 0 nitrogen and oxygen atoms in total. The van der Waals surface area contributed by atoms with Crippen LogP contribution in [0.2, 0.25) is 0 Å². The Bertz CT molecular complexity index is 92.2. The number of rotatable bonds is 0. The number of allylic oxidation sites excluding steroid dienone is 2. The summed E-state index contributed by atoms with van der Waals surface area (Å²) in [5, 5.41) is 0. The molecule has 0 aromatic rings. The molecule has 0 spiro atoms. The Kier molecular flexibility index (Phi) is 1.72. The summed E-state index contributed by atoms with van der Waals surface area (Å²) in [6.07, 6.45) is 7.95. The lowest BCUT2D eigenvalue weighted by Crippen LogP contribution is -2.08. The molecule has 0 fully saturated rings. The van der Waals surface area contributed by atoms with Crippen molar-refractivity contribution in [1.29, 1.82) is 0 Å². The summed E-state index contributed by atoms with van der Waals surface area (Å²) in [5.74, 6) is 1.65. The van der Waals surface area contributed by atoms with Gasteiger partial charge in [-0.05, 0) is 30.8 Å². The first kappa shape index (κ1) is 5.87. The quantitative estimate of drug-likeness (QED) is 0.448. The Morgan fingerprint density at radius 2 is 2.25 bits per heavy atom. The van der Waals surface area contributed by atoms with Gasteiger partial charge in [0.05, 0.1) is 0 Å². The minimum atomic E-state index is 0.767. The van der Waals surface area contributed by atoms with Crippen molar-refractivity contribution in [3.8, 4) is 0 Å². The van der Waals surface area contributed by atoms with Gasteiger partial charge in [-0.25, -0.2) is 0 Å². The van der Waals surface area contributed by atoms with Crippen molar-refractivity contribution in [1.82, 2.24) is 0 Å². The van der Waals surface area contributed by atoms with Crippen molar-refractivity contribution in [2.24, 2.45) is 11.8 Å². The van der Waals surface area contributed by atoms with Crippen molar-refractivity contribution < 1.29 is 0 Å². The molecule has 0 heteroatoms. The van der Waals surface area contributed by atoms with E-state index in [1.807, 2.05) is 0 Å². The smallest absolute Gasteiger partial charge is 0.0230 e. The van der Waals surface area contributed by atoms with Gasteiger partial charge < -0.3 is 0 Å². The molecule has 0 aromatic carbocycles. The molecule has 2 unspecified atom stereocenters. The third-order valence-electron chi connectivity index (χ3n) is 2.02. The molecule has 45 valence electrons. The molecule has 0 saturated carbocycles. The van der Waals surface area contributed by atoms with E-state index in [1.54, 1.807) is 0 Å². The standard InChI is InChI=1S/C8H13/c1-7-5-3-4-6-8(7)2/h6-8H,3,5H2,1-2H3. The SMILES string of the molecule is CC1C=[C]CCC1C. The first-order valence-electron chi connectivity index (χ1n) is 3.37. The zero-order valence-corrected chi connectivity index (χ0v) is 5.65. The zero-order valence-electron chi connectivity index (χ0n) is 5.65. The van der Waals surface area contributed by atoms with Gasteiger partial charge in [0.2, 0.25) is 0 Å². The Labute approximate surface area is 51.6 Å². The van der Waals surface area contributed by atoms with Gasteiger partial charge in [0.25, 0.3) is 0 Å². The largest absolute Gasteiger partial charge is 0.0779 e. The van der Waals surface area contributed by atoms with Gasteiger partial charge in [-0.1, -0.05) is 19.9 Å². The zero-order chi connectivity index (χ0) is 5.98. The molecular formula is C8H13. The highest BCUT2D eigenvalue weighted by Gasteiger charge is 2.10. The Morgan fingerprint density at radius 3 is 2.62 bits per heavy atom. The minimum absolute atomic E-state index is 0.767. The molecule has 0 saturated heterocycles. The van der Waals surface area contributed by atoms with Crippen molar-refractivity contribution in [3.63, 3.8) is 0 Å². The molecule has 2 atom stereocenters. The molecular weight excluding hydrogens is 96.1 g/mol. The molecule has 0 bridgehead atoms. The van der Waals surface area contributed by atoms with Gasteiger partial charge in [0.1, 0.15) is 0 Å². The molecule has 0 N–H and O–H groups in total. The summed E-state index contributed by atoms with van der Waals surface area (Å²) in [6.45, 7) is 4.57. The number of hydrogen-bond donors (Lipinski definition) is 0. The summed E-state index contributed by atoms with van der Waals surface area (Å²) in [5.41, 5.74) is 0. The predicted octanol–water partition coefficient (Wildman–Crippen LogP) is 2.41.